The van der Waals surface area contributed by atoms with E-state index in [1.165, 1.54) is 0 Å². The molecule has 0 aliphatic rings. The molecule has 102 valence electrons. The van der Waals surface area contributed by atoms with Gasteiger partial charge < -0.3 is 5.11 Å². The predicted octanol–water partition coefficient (Wildman–Crippen LogP) is 4.94. The van der Waals surface area contributed by atoms with Crippen LogP contribution in [0.1, 0.15) is 0 Å². The van der Waals surface area contributed by atoms with Gasteiger partial charge in [-0.25, -0.2) is 4.79 Å². The summed E-state index contributed by atoms with van der Waals surface area (Å²) in [5.41, 5.74) is 1.80. The fourth-order valence-electron chi connectivity index (χ4n) is 2.42. The number of hydrogen-bond donors (Lipinski definition) is 1. The van der Waals surface area contributed by atoms with E-state index in [0.29, 0.717) is 21.3 Å². The lowest BCUT2D eigenvalue weighted by molar-refractivity contribution is 0.478. The maximum absolute atomic E-state index is 10.7. The maximum Gasteiger partial charge on any atom is 0.240 e. The zero-order chi connectivity index (χ0) is 14.8. The number of nitrogens with zero attached hydrogens (tertiary/aromatic N) is 1. The summed E-state index contributed by atoms with van der Waals surface area (Å²) in [6.07, 6.45) is 1.57. The quantitative estimate of drug-likeness (QED) is 0.530. The zero-order valence-corrected chi connectivity index (χ0v) is 12.5. The summed E-state index contributed by atoms with van der Waals surface area (Å²) in [6, 6.07) is 16.7. The number of benzene rings is 3. The monoisotopic (exact) mass is 339 g/mol. The van der Waals surface area contributed by atoms with Crippen LogP contribution in [0.15, 0.2) is 64.1 Å². The number of aromatic hydroxyl groups is 1. The van der Waals surface area contributed by atoms with Crippen LogP contribution in [0.3, 0.4) is 0 Å². The lowest BCUT2D eigenvalue weighted by Gasteiger charge is -2.12. The molecule has 0 amide bonds. The summed E-state index contributed by atoms with van der Waals surface area (Å²) in [6.45, 7) is 0. The second-order valence-electron chi connectivity index (χ2n) is 4.52. The van der Waals surface area contributed by atoms with Gasteiger partial charge in [-0.05, 0) is 38.8 Å². The average Bonchev–Trinajstić information content (AvgIpc) is 2.50. The van der Waals surface area contributed by atoms with Crippen LogP contribution in [0, 0.1) is 0 Å². The molecular weight excluding hydrogens is 330 g/mol. The standard InChI is InChI=1S/C17H10BrNO2/c18-14-7-3-6-13(17(14)19-10-20)16-12-5-2-1-4-11(12)8-9-15(16)21/h1-9,21H. The van der Waals surface area contributed by atoms with Crippen molar-refractivity contribution in [2.45, 2.75) is 0 Å². The molecule has 0 spiro atoms. The molecule has 3 aromatic rings. The third-order valence-corrected chi connectivity index (χ3v) is 3.96. The van der Waals surface area contributed by atoms with E-state index >= 15 is 0 Å². The summed E-state index contributed by atoms with van der Waals surface area (Å²) < 4.78 is 0.677. The SMILES string of the molecule is O=C=Nc1c(Br)cccc1-c1c(O)ccc2ccccc12. The Hall–Kier alpha value is -2.42. The van der Waals surface area contributed by atoms with Gasteiger partial charge in [0.2, 0.25) is 6.08 Å². The smallest absolute Gasteiger partial charge is 0.240 e. The lowest BCUT2D eigenvalue weighted by atomic mass is 9.96. The molecule has 0 fully saturated rings. The molecule has 0 aliphatic carbocycles. The van der Waals surface area contributed by atoms with E-state index in [1.54, 1.807) is 18.2 Å². The van der Waals surface area contributed by atoms with Crippen LogP contribution < -0.4 is 0 Å². The molecule has 0 heterocycles. The average molecular weight is 340 g/mol. The molecule has 0 saturated heterocycles. The van der Waals surface area contributed by atoms with Crippen LogP contribution in [-0.2, 0) is 4.79 Å². The number of aliphatic imine (C=N–C) groups is 1. The first kappa shape index (κ1) is 13.6. The number of phenolic OH excluding ortho intramolecular Hbond substituents is 1. The van der Waals surface area contributed by atoms with Crippen molar-refractivity contribution < 1.29 is 9.90 Å². The largest absolute Gasteiger partial charge is 0.507 e. The van der Waals surface area contributed by atoms with Gasteiger partial charge >= 0.3 is 0 Å². The van der Waals surface area contributed by atoms with E-state index in [-0.39, 0.29) is 5.75 Å². The molecule has 3 rings (SSSR count). The fraction of sp³-hybridized carbons (Fsp3) is 0. The summed E-state index contributed by atoms with van der Waals surface area (Å²) in [5.74, 6) is 0.147. The van der Waals surface area contributed by atoms with Gasteiger partial charge in [-0.2, -0.15) is 4.99 Å². The van der Waals surface area contributed by atoms with E-state index < -0.39 is 0 Å². The number of halogens is 1. The number of carbonyl (C=O) groups excluding carboxylic acids is 1. The van der Waals surface area contributed by atoms with E-state index in [2.05, 4.69) is 20.9 Å². The van der Waals surface area contributed by atoms with E-state index in [9.17, 15) is 9.90 Å². The van der Waals surface area contributed by atoms with Gasteiger partial charge in [0, 0.05) is 15.6 Å². The van der Waals surface area contributed by atoms with E-state index in [4.69, 9.17) is 0 Å². The topological polar surface area (TPSA) is 49.7 Å². The molecule has 21 heavy (non-hydrogen) atoms. The Balaban J connectivity index is 2.44. The van der Waals surface area contributed by atoms with Gasteiger partial charge in [0.05, 0.1) is 5.69 Å². The van der Waals surface area contributed by atoms with Crippen molar-refractivity contribution in [3.8, 4) is 16.9 Å². The first-order chi connectivity index (χ1) is 10.2. The van der Waals surface area contributed by atoms with Crippen LogP contribution in [0.5, 0.6) is 5.75 Å². The number of isocyanates is 1. The summed E-state index contributed by atoms with van der Waals surface area (Å²) in [4.78, 5) is 14.5. The first-order valence-corrected chi connectivity index (χ1v) is 7.09. The van der Waals surface area contributed by atoms with Crippen molar-refractivity contribution in [1.29, 1.82) is 0 Å². The Morgan fingerprint density at radius 3 is 2.62 bits per heavy atom. The third-order valence-electron chi connectivity index (χ3n) is 3.32. The normalized spacial score (nSPS) is 10.3. The molecule has 0 aliphatic heterocycles. The van der Waals surface area contributed by atoms with Gasteiger partial charge in [0.25, 0.3) is 0 Å². The molecule has 3 aromatic carbocycles. The zero-order valence-electron chi connectivity index (χ0n) is 10.9. The molecule has 1 N–H and O–H groups in total. The number of fused-ring (bicyclic) bond motifs is 1. The molecule has 4 heteroatoms. The highest BCUT2D eigenvalue weighted by Crippen LogP contribution is 2.43. The summed E-state index contributed by atoms with van der Waals surface area (Å²) in [5, 5.41) is 12.2. The van der Waals surface area contributed by atoms with Crippen LogP contribution >= 0.6 is 15.9 Å². The molecular formula is C17H10BrNO2. The summed E-state index contributed by atoms with van der Waals surface area (Å²) in [7, 11) is 0. The highest BCUT2D eigenvalue weighted by Gasteiger charge is 2.14. The van der Waals surface area contributed by atoms with Crippen LogP contribution in [0.4, 0.5) is 5.69 Å². The number of phenols is 1. The minimum Gasteiger partial charge on any atom is -0.507 e. The van der Waals surface area contributed by atoms with Crippen LogP contribution in [0.25, 0.3) is 21.9 Å². The molecule has 0 unspecified atom stereocenters. The van der Waals surface area contributed by atoms with Crippen molar-refractivity contribution in [3.63, 3.8) is 0 Å². The fourth-order valence-corrected chi connectivity index (χ4v) is 2.87. The number of para-hydroxylation sites is 1. The lowest BCUT2D eigenvalue weighted by Crippen LogP contribution is -1.85. The first-order valence-electron chi connectivity index (χ1n) is 6.30. The van der Waals surface area contributed by atoms with Gasteiger partial charge in [-0.1, -0.05) is 42.5 Å². The van der Waals surface area contributed by atoms with Crippen molar-refractivity contribution in [2.24, 2.45) is 4.99 Å². The molecule has 0 radical (unpaired) electrons. The van der Waals surface area contributed by atoms with Gasteiger partial charge in [-0.3, -0.25) is 0 Å². The Kier molecular flexibility index (Phi) is 3.57. The molecule has 0 saturated carbocycles. The van der Waals surface area contributed by atoms with Gasteiger partial charge in [0.15, 0.2) is 0 Å². The number of hydrogen-bond acceptors (Lipinski definition) is 3. The van der Waals surface area contributed by atoms with Crippen molar-refractivity contribution >= 4 is 38.5 Å². The second-order valence-corrected chi connectivity index (χ2v) is 5.37. The highest BCUT2D eigenvalue weighted by molar-refractivity contribution is 9.10. The Morgan fingerprint density at radius 1 is 1.00 bits per heavy atom. The molecule has 0 bridgehead atoms. The minimum absolute atomic E-state index is 0.147. The van der Waals surface area contributed by atoms with Gasteiger partial charge in [-0.15, -0.1) is 0 Å². The predicted molar refractivity (Wildman–Crippen MR) is 86.5 cm³/mol. The van der Waals surface area contributed by atoms with Crippen molar-refractivity contribution in [1.82, 2.24) is 0 Å². The minimum atomic E-state index is 0.147. The van der Waals surface area contributed by atoms with Crippen molar-refractivity contribution in [3.05, 3.63) is 59.1 Å². The second kappa shape index (κ2) is 5.52. The Bertz CT molecular complexity index is 883. The van der Waals surface area contributed by atoms with E-state index in [1.807, 2.05) is 42.5 Å². The van der Waals surface area contributed by atoms with Crippen LogP contribution in [-0.4, -0.2) is 11.2 Å². The Morgan fingerprint density at radius 2 is 1.81 bits per heavy atom. The molecule has 0 aromatic heterocycles. The third kappa shape index (κ3) is 2.35. The highest BCUT2D eigenvalue weighted by atomic mass is 79.9. The van der Waals surface area contributed by atoms with E-state index in [0.717, 1.165) is 10.8 Å². The molecule has 0 atom stereocenters. The number of rotatable bonds is 2. The summed E-state index contributed by atoms with van der Waals surface area (Å²) >= 11 is 3.38. The Labute approximate surface area is 129 Å². The van der Waals surface area contributed by atoms with Gasteiger partial charge in [0.1, 0.15) is 5.75 Å². The van der Waals surface area contributed by atoms with Crippen LogP contribution in [0.2, 0.25) is 0 Å². The maximum atomic E-state index is 10.7. The molecule has 3 nitrogen and oxygen atoms in total. The van der Waals surface area contributed by atoms with Crippen molar-refractivity contribution in [2.75, 3.05) is 0 Å².